The van der Waals surface area contributed by atoms with Crippen molar-refractivity contribution in [2.24, 2.45) is 5.92 Å². The van der Waals surface area contributed by atoms with Crippen molar-refractivity contribution in [3.05, 3.63) is 23.8 Å². The van der Waals surface area contributed by atoms with E-state index in [-0.39, 0.29) is 0 Å². The summed E-state index contributed by atoms with van der Waals surface area (Å²) in [6.45, 7) is 7.81. The molecule has 0 bridgehead atoms. The number of methoxy groups -OCH3 is 1. The molecule has 0 fully saturated rings. The van der Waals surface area contributed by atoms with Crippen LogP contribution in [0.15, 0.2) is 18.2 Å². The normalized spacial score (nSPS) is 14.4. The fourth-order valence-electron chi connectivity index (χ4n) is 2.92. The summed E-state index contributed by atoms with van der Waals surface area (Å²) in [4.78, 5) is 0. The molecule has 1 aliphatic rings. The van der Waals surface area contributed by atoms with E-state index in [9.17, 15) is 0 Å². The van der Waals surface area contributed by atoms with Crippen LogP contribution < -0.4 is 14.8 Å². The quantitative estimate of drug-likeness (QED) is 0.626. The third-order valence-corrected chi connectivity index (χ3v) is 4.33. The van der Waals surface area contributed by atoms with Gasteiger partial charge in [-0.15, -0.1) is 0 Å². The van der Waals surface area contributed by atoms with Crippen LogP contribution in [0.5, 0.6) is 11.5 Å². The summed E-state index contributed by atoms with van der Waals surface area (Å²) >= 11 is 0. The van der Waals surface area contributed by atoms with Gasteiger partial charge in [0.1, 0.15) is 0 Å². The second-order valence-corrected chi connectivity index (χ2v) is 6.67. The number of nitrogens with one attached hydrogen (secondary N) is 1. The second kappa shape index (κ2) is 9.78. The number of ether oxygens (including phenoxy) is 3. The maximum atomic E-state index is 5.53. The van der Waals surface area contributed by atoms with E-state index in [0.29, 0.717) is 12.7 Å². The van der Waals surface area contributed by atoms with Crippen LogP contribution in [0.4, 0.5) is 0 Å². The predicted octanol–water partition coefficient (Wildman–Crippen LogP) is 3.95. The van der Waals surface area contributed by atoms with Crippen LogP contribution in [0.2, 0.25) is 0 Å². The van der Waals surface area contributed by atoms with Gasteiger partial charge in [0.05, 0.1) is 0 Å². The average molecular weight is 321 g/mol. The third kappa shape index (κ3) is 6.04. The Morgan fingerprint density at radius 1 is 1.09 bits per heavy atom. The minimum atomic E-state index is 0.344. The molecular weight excluding hydrogens is 290 g/mol. The van der Waals surface area contributed by atoms with E-state index >= 15 is 0 Å². The molecule has 0 aliphatic carbocycles. The Kier molecular flexibility index (Phi) is 7.69. The number of hydrogen-bond acceptors (Lipinski definition) is 4. The van der Waals surface area contributed by atoms with Gasteiger partial charge < -0.3 is 19.5 Å². The lowest BCUT2D eigenvalue weighted by atomic mass is 9.88. The van der Waals surface area contributed by atoms with E-state index in [2.05, 4.69) is 31.3 Å². The van der Waals surface area contributed by atoms with Gasteiger partial charge in [0, 0.05) is 13.7 Å². The summed E-state index contributed by atoms with van der Waals surface area (Å²) in [6, 6.07) is 6.41. The van der Waals surface area contributed by atoms with Gasteiger partial charge >= 0.3 is 0 Å². The molecule has 4 heteroatoms. The summed E-state index contributed by atoms with van der Waals surface area (Å²) in [5.41, 5.74) is 1.37. The van der Waals surface area contributed by atoms with E-state index in [1.807, 2.05) is 6.07 Å². The highest BCUT2D eigenvalue weighted by atomic mass is 16.7. The molecule has 2 rings (SSSR count). The summed E-state index contributed by atoms with van der Waals surface area (Å²) in [5, 5.41) is 3.52. The Balaban J connectivity index is 1.88. The predicted molar refractivity (Wildman–Crippen MR) is 93.4 cm³/mol. The highest BCUT2D eigenvalue weighted by molar-refractivity contribution is 5.45. The smallest absolute Gasteiger partial charge is 0.231 e. The lowest BCUT2D eigenvalue weighted by molar-refractivity contribution is 0.174. The summed E-state index contributed by atoms with van der Waals surface area (Å²) < 4.78 is 16.0. The number of fused-ring (bicyclic) bond motifs is 1. The van der Waals surface area contributed by atoms with Crippen molar-refractivity contribution < 1.29 is 14.2 Å². The highest BCUT2D eigenvalue weighted by Crippen LogP contribution is 2.36. The van der Waals surface area contributed by atoms with Crippen LogP contribution in [-0.4, -0.2) is 33.6 Å². The largest absolute Gasteiger partial charge is 0.454 e. The lowest BCUT2D eigenvalue weighted by Crippen LogP contribution is -2.20. The molecule has 1 aromatic carbocycles. The van der Waals surface area contributed by atoms with Crippen LogP contribution in [0.3, 0.4) is 0 Å². The van der Waals surface area contributed by atoms with E-state index < -0.39 is 0 Å². The van der Waals surface area contributed by atoms with Crippen molar-refractivity contribution in [3.63, 3.8) is 0 Å². The van der Waals surface area contributed by atoms with Crippen LogP contribution >= 0.6 is 0 Å². The Morgan fingerprint density at radius 2 is 1.91 bits per heavy atom. The molecule has 4 nitrogen and oxygen atoms in total. The summed E-state index contributed by atoms with van der Waals surface area (Å²) in [5.74, 6) is 3.07. The molecule has 0 radical (unpaired) electrons. The van der Waals surface area contributed by atoms with Gasteiger partial charge in [0.15, 0.2) is 11.5 Å². The van der Waals surface area contributed by atoms with Gasteiger partial charge in [-0.1, -0.05) is 26.3 Å². The maximum Gasteiger partial charge on any atom is 0.231 e. The third-order valence-electron chi connectivity index (χ3n) is 4.33. The molecule has 0 saturated carbocycles. The standard InChI is InChI=1S/C19H31NO3/c1-15(2)5-6-16(9-11-20-10-4-12-21-3)17-7-8-18-19(13-17)23-14-22-18/h7-8,13,15-16,20H,4-6,9-12,14H2,1-3H3/t16-/m1/s1. The summed E-state index contributed by atoms with van der Waals surface area (Å²) in [7, 11) is 1.75. The van der Waals surface area contributed by atoms with Crippen LogP contribution in [-0.2, 0) is 4.74 Å². The zero-order chi connectivity index (χ0) is 16.5. The van der Waals surface area contributed by atoms with Gasteiger partial charge in [0.2, 0.25) is 6.79 Å². The number of hydrogen-bond donors (Lipinski definition) is 1. The van der Waals surface area contributed by atoms with E-state index in [0.717, 1.165) is 50.0 Å². The van der Waals surface area contributed by atoms with Crippen molar-refractivity contribution in [2.75, 3.05) is 33.6 Å². The van der Waals surface area contributed by atoms with E-state index in [4.69, 9.17) is 14.2 Å². The Morgan fingerprint density at radius 3 is 2.70 bits per heavy atom. The molecule has 1 aromatic rings. The zero-order valence-electron chi connectivity index (χ0n) is 14.8. The Hall–Kier alpha value is -1.26. The Labute approximate surface area is 140 Å². The molecule has 0 aromatic heterocycles. The maximum absolute atomic E-state index is 5.53. The van der Waals surface area contributed by atoms with E-state index in [1.165, 1.54) is 18.4 Å². The van der Waals surface area contributed by atoms with Crippen molar-refractivity contribution in [1.29, 1.82) is 0 Å². The van der Waals surface area contributed by atoms with Crippen LogP contribution in [0.25, 0.3) is 0 Å². The molecule has 1 heterocycles. The molecule has 0 spiro atoms. The van der Waals surface area contributed by atoms with Crippen molar-refractivity contribution >= 4 is 0 Å². The van der Waals surface area contributed by atoms with Crippen LogP contribution in [0.1, 0.15) is 51.0 Å². The Bertz CT molecular complexity index is 462. The van der Waals surface area contributed by atoms with Gasteiger partial charge in [-0.05, 0) is 61.9 Å². The molecule has 0 unspecified atom stereocenters. The highest BCUT2D eigenvalue weighted by Gasteiger charge is 2.18. The fraction of sp³-hybridized carbons (Fsp3) is 0.684. The zero-order valence-corrected chi connectivity index (χ0v) is 14.8. The average Bonchev–Trinajstić information content (AvgIpc) is 3.00. The SMILES string of the molecule is COCCCNCC[C@@H](CCC(C)C)c1ccc2c(c1)OCO2. The number of benzene rings is 1. The first kappa shape index (κ1) is 18.1. The van der Waals surface area contributed by atoms with Crippen molar-refractivity contribution in [3.8, 4) is 11.5 Å². The molecule has 23 heavy (non-hydrogen) atoms. The first-order valence-corrected chi connectivity index (χ1v) is 8.80. The first-order valence-electron chi connectivity index (χ1n) is 8.80. The lowest BCUT2D eigenvalue weighted by Gasteiger charge is -2.19. The molecular formula is C19H31NO3. The fourth-order valence-corrected chi connectivity index (χ4v) is 2.92. The van der Waals surface area contributed by atoms with Gasteiger partial charge in [0.25, 0.3) is 0 Å². The van der Waals surface area contributed by atoms with Gasteiger partial charge in [-0.2, -0.15) is 0 Å². The second-order valence-electron chi connectivity index (χ2n) is 6.67. The van der Waals surface area contributed by atoms with Gasteiger partial charge in [-0.3, -0.25) is 0 Å². The van der Waals surface area contributed by atoms with Crippen molar-refractivity contribution in [1.82, 2.24) is 5.32 Å². The molecule has 1 atom stereocenters. The minimum Gasteiger partial charge on any atom is -0.454 e. The molecule has 1 aliphatic heterocycles. The minimum absolute atomic E-state index is 0.344. The molecule has 0 amide bonds. The molecule has 0 saturated heterocycles. The first-order chi connectivity index (χ1) is 11.2. The molecule has 130 valence electrons. The topological polar surface area (TPSA) is 39.7 Å². The monoisotopic (exact) mass is 321 g/mol. The van der Waals surface area contributed by atoms with Gasteiger partial charge in [-0.25, -0.2) is 0 Å². The molecule has 1 N–H and O–H groups in total. The van der Waals surface area contributed by atoms with Crippen molar-refractivity contribution in [2.45, 2.75) is 45.4 Å². The summed E-state index contributed by atoms with van der Waals surface area (Å²) in [6.07, 6.45) is 4.69. The number of rotatable bonds is 11. The van der Waals surface area contributed by atoms with Crippen LogP contribution in [0, 0.1) is 5.92 Å². The van der Waals surface area contributed by atoms with E-state index in [1.54, 1.807) is 7.11 Å².